The third-order valence-electron chi connectivity index (χ3n) is 5.39. The number of hydrogen-bond acceptors (Lipinski definition) is 4. The van der Waals surface area contributed by atoms with Gasteiger partial charge in [0, 0.05) is 32.2 Å². The standard InChI is InChI=1S/C22H39N5O.HI/c1-6-19-8-10-20(11-9-19)21(26(4)5)17-25-22(23-7-2)24-16-18(3)27-12-14-28-15-13-27;/h8-11,18,21H,6-7,12-17H2,1-5H3,(H2,23,24,25);1H. The fourth-order valence-corrected chi connectivity index (χ4v) is 3.47. The second-order valence-corrected chi connectivity index (χ2v) is 7.67. The van der Waals surface area contributed by atoms with Crippen LogP contribution in [0.3, 0.4) is 0 Å². The fourth-order valence-electron chi connectivity index (χ4n) is 3.47. The molecule has 1 aromatic carbocycles. The first-order valence-corrected chi connectivity index (χ1v) is 10.6. The maximum atomic E-state index is 5.45. The van der Waals surface area contributed by atoms with E-state index in [1.54, 1.807) is 0 Å². The lowest BCUT2D eigenvalue weighted by atomic mass is 10.0. The lowest BCUT2D eigenvalue weighted by molar-refractivity contribution is 0.0220. The molecule has 0 amide bonds. The Morgan fingerprint density at radius 1 is 1.14 bits per heavy atom. The molecule has 2 N–H and O–H groups in total. The summed E-state index contributed by atoms with van der Waals surface area (Å²) in [5.41, 5.74) is 2.70. The molecule has 29 heavy (non-hydrogen) atoms. The number of hydrogen-bond donors (Lipinski definition) is 2. The summed E-state index contributed by atoms with van der Waals surface area (Å²) in [5.74, 6) is 0.889. The Balaban J connectivity index is 0.00000420. The van der Waals surface area contributed by atoms with E-state index in [9.17, 15) is 0 Å². The summed E-state index contributed by atoms with van der Waals surface area (Å²) in [5, 5.41) is 6.92. The first kappa shape index (κ1) is 26.1. The van der Waals surface area contributed by atoms with Gasteiger partial charge < -0.3 is 20.3 Å². The van der Waals surface area contributed by atoms with Crippen molar-refractivity contribution in [1.29, 1.82) is 0 Å². The number of aryl methyl sites for hydroxylation is 1. The van der Waals surface area contributed by atoms with E-state index >= 15 is 0 Å². The van der Waals surface area contributed by atoms with E-state index in [1.807, 2.05) is 0 Å². The molecule has 0 spiro atoms. The van der Waals surface area contributed by atoms with Crippen LogP contribution in [-0.2, 0) is 11.2 Å². The molecule has 6 nitrogen and oxygen atoms in total. The zero-order chi connectivity index (χ0) is 20.4. The number of nitrogens with zero attached hydrogens (tertiary/aromatic N) is 3. The average molecular weight is 518 g/mol. The topological polar surface area (TPSA) is 52.1 Å². The van der Waals surface area contributed by atoms with Crippen molar-refractivity contribution < 1.29 is 4.74 Å². The lowest BCUT2D eigenvalue weighted by Crippen LogP contribution is -2.45. The summed E-state index contributed by atoms with van der Waals surface area (Å²) >= 11 is 0. The summed E-state index contributed by atoms with van der Waals surface area (Å²) in [6.45, 7) is 12.7. The minimum atomic E-state index is 0. The zero-order valence-corrected chi connectivity index (χ0v) is 21.1. The molecule has 166 valence electrons. The second-order valence-electron chi connectivity index (χ2n) is 7.67. The molecule has 1 aromatic rings. The van der Waals surface area contributed by atoms with Crippen LogP contribution in [0.4, 0.5) is 0 Å². The minimum Gasteiger partial charge on any atom is -0.379 e. The van der Waals surface area contributed by atoms with E-state index < -0.39 is 0 Å². The van der Waals surface area contributed by atoms with E-state index in [0.717, 1.165) is 58.3 Å². The number of rotatable bonds is 9. The van der Waals surface area contributed by atoms with Gasteiger partial charge in [-0.1, -0.05) is 31.2 Å². The van der Waals surface area contributed by atoms with Gasteiger partial charge in [0.1, 0.15) is 0 Å². The Morgan fingerprint density at radius 3 is 2.34 bits per heavy atom. The molecule has 1 aliphatic heterocycles. The molecule has 0 aliphatic carbocycles. The van der Waals surface area contributed by atoms with Crippen LogP contribution in [0.15, 0.2) is 29.3 Å². The van der Waals surface area contributed by atoms with Gasteiger partial charge in [-0.3, -0.25) is 9.89 Å². The SMILES string of the molecule is CCNC(=NCC(C)N1CCOCC1)NCC(c1ccc(CC)cc1)N(C)C.I. The molecule has 7 heteroatoms. The predicted octanol–water partition coefficient (Wildman–Crippen LogP) is 2.75. The third-order valence-corrected chi connectivity index (χ3v) is 5.39. The molecule has 1 aliphatic rings. The second kappa shape index (κ2) is 14.2. The highest BCUT2D eigenvalue weighted by Crippen LogP contribution is 2.18. The van der Waals surface area contributed by atoms with Gasteiger partial charge in [0.25, 0.3) is 0 Å². The minimum absolute atomic E-state index is 0. The molecule has 2 unspecified atom stereocenters. The van der Waals surface area contributed by atoms with Gasteiger partial charge in [-0.15, -0.1) is 24.0 Å². The maximum absolute atomic E-state index is 5.45. The highest BCUT2D eigenvalue weighted by Gasteiger charge is 2.17. The van der Waals surface area contributed by atoms with Crippen molar-refractivity contribution in [2.45, 2.75) is 39.3 Å². The van der Waals surface area contributed by atoms with E-state index in [4.69, 9.17) is 9.73 Å². The molecule has 1 fully saturated rings. The molecular formula is C22H40IN5O. The molecule has 0 saturated carbocycles. The summed E-state index contributed by atoms with van der Waals surface area (Å²) < 4.78 is 5.45. The maximum Gasteiger partial charge on any atom is 0.191 e. The molecule has 0 bridgehead atoms. The smallest absolute Gasteiger partial charge is 0.191 e. The number of benzene rings is 1. The molecular weight excluding hydrogens is 477 g/mol. The summed E-state index contributed by atoms with van der Waals surface area (Å²) in [4.78, 5) is 9.55. The van der Waals surface area contributed by atoms with Gasteiger partial charge in [-0.2, -0.15) is 0 Å². The van der Waals surface area contributed by atoms with Crippen LogP contribution < -0.4 is 10.6 Å². The Morgan fingerprint density at radius 2 is 1.79 bits per heavy atom. The predicted molar refractivity (Wildman–Crippen MR) is 133 cm³/mol. The first-order valence-electron chi connectivity index (χ1n) is 10.6. The molecule has 0 radical (unpaired) electrons. The van der Waals surface area contributed by atoms with Crippen molar-refractivity contribution in [3.05, 3.63) is 35.4 Å². The van der Waals surface area contributed by atoms with E-state index in [1.165, 1.54) is 11.1 Å². The monoisotopic (exact) mass is 517 g/mol. The highest BCUT2D eigenvalue weighted by molar-refractivity contribution is 14.0. The molecule has 1 saturated heterocycles. The van der Waals surface area contributed by atoms with Crippen molar-refractivity contribution in [2.75, 3.05) is 60.0 Å². The summed E-state index contributed by atoms with van der Waals surface area (Å²) in [6, 6.07) is 9.67. The van der Waals surface area contributed by atoms with Crippen LogP contribution in [0.25, 0.3) is 0 Å². The number of halogens is 1. The molecule has 1 heterocycles. The zero-order valence-electron chi connectivity index (χ0n) is 18.8. The Hall–Kier alpha value is -0.900. The summed E-state index contributed by atoms with van der Waals surface area (Å²) in [7, 11) is 4.26. The van der Waals surface area contributed by atoms with Crippen molar-refractivity contribution >= 4 is 29.9 Å². The highest BCUT2D eigenvalue weighted by atomic mass is 127. The van der Waals surface area contributed by atoms with Crippen LogP contribution in [0, 0.1) is 0 Å². The van der Waals surface area contributed by atoms with E-state index in [0.29, 0.717) is 12.1 Å². The van der Waals surface area contributed by atoms with Gasteiger partial charge in [-0.25, -0.2) is 0 Å². The molecule has 0 aromatic heterocycles. The van der Waals surface area contributed by atoms with Crippen LogP contribution in [0.1, 0.15) is 37.9 Å². The number of ether oxygens (including phenoxy) is 1. The normalized spacial score (nSPS) is 17.5. The van der Waals surface area contributed by atoms with Crippen molar-refractivity contribution in [3.8, 4) is 0 Å². The number of aliphatic imine (C=N–C) groups is 1. The number of morpholine rings is 1. The van der Waals surface area contributed by atoms with E-state index in [2.05, 4.69) is 79.6 Å². The average Bonchev–Trinajstić information content (AvgIpc) is 2.72. The van der Waals surface area contributed by atoms with Crippen LogP contribution in [0.5, 0.6) is 0 Å². The van der Waals surface area contributed by atoms with Gasteiger partial charge >= 0.3 is 0 Å². The lowest BCUT2D eigenvalue weighted by Gasteiger charge is -2.31. The van der Waals surface area contributed by atoms with Crippen molar-refractivity contribution in [2.24, 2.45) is 4.99 Å². The van der Waals surface area contributed by atoms with Crippen LogP contribution in [0.2, 0.25) is 0 Å². The number of nitrogens with one attached hydrogen (secondary N) is 2. The van der Waals surface area contributed by atoms with Crippen LogP contribution >= 0.6 is 24.0 Å². The van der Waals surface area contributed by atoms with Gasteiger partial charge in [0.2, 0.25) is 0 Å². The molecule has 2 rings (SSSR count). The first-order chi connectivity index (χ1) is 13.5. The van der Waals surface area contributed by atoms with Crippen molar-refractivity contribution in [1.82, 2.24) is 20.4 Å². The molecule has 2 atom stereocenters. The number of guanidine groups is 1. The van der Waals surface area contributed by atoms with Crippen molar-refractivity contribution in [3.63, 3.8) is 0 Å². The Bertz CT molecular complexity index is 587. The van der Waals surface area contributed by atoms with Gasteiger partial charge in [0.15, 0.2) is 5.96 Å². The Labute approximate surface area is 194 Å². The third kappa shape index (κ3) is 8.78. The number of likely N-dealkylation sites (N-methyl/N-ethyl adjacent to an activating group) is 1. The fraction of sp³-hybridized carbons (Fsp3) is 0.682. The van der Waals surface area contributed by atoms with Gasteiger partial charge in [-0.05, 0) is 45.5 Å². The van der Waals surface area contributed by atoms with E-state index in [-0.39, 0.29) is 24.0 Å². The summed E-state index contributed by atoms with van der Waals surface area (Å²) in [6.07, 6.45) is 1.07. The largest absolute Gasteiger partial charge is 0.379 e. The quantitative estimate of drug-likeness (QED) is 0.300. The van der Waals surface area contributed by atoms with Crippen LogP contribution in [-0.4, -0.2) is 81.8 Å². The Kier molecular flexibility index (Phi) is 12.8. The van der Waals surface area contributed by atoms with Gasteiger partial charge in [0.05, 0.1) is 25.8 Å².